The third kappa shape index (κ3) is 6.67. The lowest BCUT2D eigenvalue weighted by Crippen LogP contribution is -2.60. The normalized spacial score (nSPS) is 30.1. The molecule has 1 aromatic rings. The summed E-state index contributed by atoms with van der Waals surface area (Å²) in [6, 6.07) is 6.88. The number of halogens is 5. The second kappa shape index (κ2) is 12.2. The number of esters is 1. The van der Waals surface area contributed by atoms with Gasteiger partial charge in [-0.15, -0.1) is 0 Å². The van der Waals surface area contributed by atoms with Crippen molar-refractivity contribution >= 4 is 32.8 Å². The first-order valence-corrected chi connectivity index (χ1v) is 18.3. The Morgan fingerprint density at radius 1 is 1.02 bits per heavy atom. The van der Waals surface area contributed by atoms with E-state index in [0.717, 1.165) is 6.42 Å². The average molecular weight is 699 g/mol. The summed E-state index contributed by atoms with van der Waals surface area (Å²) < 4.78 is 118. The summed E-state index contributed by atoms with van der Waals surface area (Å²) in [5.74, 6) is 0.237. The van der Waals surface area contributed by atoms with Crippen LogP contribution in [0.5, 0.6) is 5.75 Å². The molecule has 258 valence electrons. The number of ether oxygens (including phenoxy) is 3. The van der Waals surface area contributed by atoms with Gasteiger partial charge in [0.25, 0.3) is 6.10 Å². The van der Waals surface area contributed by atoms with Crippen molar-refractivity contribution in [3.63, 3.8) is 0 Å². The van der Waals surface area contributed by atoms with Crippen LogP contribution in [0.4, 0.5) is 22.0 Å². The monoisotopic (exact) mass is 698 g/mol. The molecule has 0 radical (unpaired) electrons. The van der Waals surface area contributed by atoms with Crippen molar-refractivity contribution in [3.05, 3.63) is 29.8 Å². The molecule has 4 unspecified atom stereocenters. The Bertz CT molecular complexity index is 1410. The van der Waals surface area contributed by atoms with Crippen LogP contribution >= 0.6 is 0 Å². The van der Waals surface area contributed by atoms with Crippen molar-refractivity contribution in [1.29, 1.82) is 0 Å². The quantitative estimate of drug-likeness (QED) is 0.0977. The van der Waals surface area contributed by atoms with E-state index in [1.807, 2.05) is 13.8 Å². The molecule has 1 aliphatic heterocycles. The highest BCUT2D eigenvalue weighted by Crippen LogP contribution is 2.68. The highest BCUT2D eigenvalue weighted by molar-refractivity contribution is 7.98. The number of rotatable bonds is 11. The van der Waals surface area contributed by atoms with E-state index in [1.54, 1.807) is 24.3 Å². The molecule has 5 fully saturated rings. The van der Waals surface area contributed by atoms with Gasteiger partial charge >= 0.3 is 17.4 Å². The number of carbonyl (C=O) groups is 2. The Balaban J connectivity index is 1.45. The van der Waals surface area contributed by atoms with Crippen molar-refractivity contribution in [3.8, 4) is 5.75 Å². The van der Waals surface area contributed by atoms with Crippen LogP contribution in [-0.2, 0) is 35.3 Å². The zero-order valence-electron chi connectivity index (χ0n) is 25.9. The Morgan fingerprint density at radius 2 is 1.59 bits per heavy atom. The molecule has 46 heavy (non-hydrogen) atoms. The lowest BCUT2D eigenvalue weighted by atomic mass is 9.42. The van der Waals surface area contributed by atoms with E-state index < -0.39 is 55.1 Å². The first-order chi connectivity index (χ1) is 21.2. The summed E-state index contributed by atoms with van der Waals surface area (Å²) in [5.41, 5.74) is -2.23. The Morgan fingerprint density at radius 3 is 2.09 bits per heavy atom. The highest BCUT2D eigenvalue weighted by Gasteiger charge is 2.67. The Kier molecular flexibility index (Phi) is 9.35. The lowest BCUT2D eigenvalue weighted by Gasteiger charge is -2.62. The van der Waals surface area contributed by atoms with Gasteiger partial charge in [0, 0.05) is 21.9 Å². The van der Waals surface area contributed by atoms with Crippen LogP contribution in [0.15, 0.2) is 24.3 Å². The maximum absolute atomic E-state index is 14.3. The van der Waals surface area contributed by atoms with Crippen molar-refractivity contribution in [1.82, 2.24) is 0 Å². The van der Waals surface area contributed by atoms with Crippen LogP contribution < -0.4 is 4.74 Å². The molecule has 4 bridgehead atoms. The largest absolute Gasteiger partial charge is 0.743 e. The van der Waals surface area contributed by atoms with Gasteiger partial charge in [0.2, 0.25) is 5.78 Å². The number of methoxy groups -OCH3 is 1. The van der Waals surface area contributed by atoms with Gasteiger partial charge in [-0.25, -0.2) is 8.42 Å². The lowest BCUT2D eigenvalue weighted by molar-refractivity contribution is -0.268. The summed E-state index contributed by atoms with van der Waals surface area (Å²) in [4.78, 5) is 27.8. The van der Waals surface area contributed by atoms with E-state index in [-0.39, 0.29) is 47.8 Å². The number of ketones is 1. The van der Waals surface area contributed by atoms with Crippen LogP contribution in [0, 0.1) is 28.1 Å². The Hall–Kier alpha value is -1.97. The zero-order chi connectivity index (χ0) is 33.9. The molecule has 0 N–H and O–H groups in total. The van der Waals surface area contributed by atoms with Crippen LogP contribution in [0.2, 0.25) is 0 Å². The zero-order valence-corrected chi connectivity index (χ0v) is 27.5. The van der Waals surface area contributed by atoms with Crippen molar-refractivity contribution in [2.75, 3.05) is 31.8 Å². The molecule has 8 nitrogen and oxygen atoms in total. The topological polar surface area (TPSA) is 119 Å². The van der Waals surface area contributed by atoms with E-state index in [9.17, 15) is 44.5 Å². The number of carbonyl (C=O) groups excluding carboxylic acids is 2. The minimum atomic E-state index is -6.81. The van der Waals surface area contributed by atoms with Crippen molar-refractivity contribution in [2.24, 2.45) is 28.1 Å². The number of hydrogen-bond acceptors (Lipinski definition) is 8. The molecule has 4 aliphatic carbocycles. The van der Waals surface area contributed by atoms with Gasteiger partial charge in [-0.1, -0.05) is 13.8 Å². The van der Waals surface area contributed by atoms with Crippen molar-refractivity contribution < 1.29 is 58.7 Å². The summed E-state index contributed by atoms with van der Waals surface area (Å²) in [7, 11) is -5.63. The molecule has 4 saturated carbocycles. The summed E-state index contributed by atoms with van der Waals surface area (Å²) in [6.45, 7) is 5.04. The van der Waals surface area contributed by atoms with Crippen LogP contribution in [0.3, 0.4) is 0 Å². The summed E-state index contributed by atoms with van der Waals surface area (Å²) in [5, 5.41) is -6.32. The van der Waals surface area contributed by atoms with Crippen LogP contribution in [0.25, 0.3) is 0 Å². The molecule has 0 amide bonds. The molecular weight excluding hydrogens is 659 g/mol. The molecule has 5 aliphatic rings. The smallest absolute Gasteiger partial charge is 0.432 e. The maximum Gasteiger partial charge on any atom is 0.432 e. The van der Waals surface area contributed by atoms with Crippen molar-refractivity contribution in [2.45, 2.75) is 81.6 Å². The van der Waals surface area contributed by atoms with E-state index in [4.69, 9.17) is 9.47 Å². The number of benzene rings is 1. The summed E-state index contributed by atoms with van der Waals surface area (Å²) >= 11 is 0. The predicted molar refractivity (Wildman–Crippen MR) is 158 cm³/mol. The fourth-order valence-corrected chi connectivity index (χ4v) is 12.5. The Labute approximate surface area is 268 Å². The second-order valence-electron chi connectivity index (χ2n) is 14.3. The number of Topliss-reactive ketones (excluding diaryl/α,β-unsaturated/α-hetero) is 1. The molecule has 0 aromatic heterocycles. The van der Waals surface area contributed by atoms with E-state index in [0.29, 0.717) is 55.3 Å². The first kappa shape index (κ1) is 35.3. The number of alkyl halides is 5. The van der Waals surface area contributed by atoms with Gasteiger partial charge in [0.1, 0.15) is 17.3 Å². The van der Waals surface area contributed by atoms with Gasteiger partial charge in [0.05, 0.1) is 25.7 Å². The second-order valence-corrected chi connectivity index (χ2v) is 18.1. The molecule has 1 saturated heterocycles. The third-order valence-electron chi connectivity index (χ3n) is 10.2. The van der Waals surface area contributed by atoms with E-state index >= 15 is 0 Å². The molecule has 4 atom stereocenters. The average Bonchev–Trinajstić information content (AvgIpc) is 2.93. The van der Waals surface area contributed by atoms with Crippen LogP contribution in [-0.4, -0.2) is 79.3 Å². The fourth-order valence-electron chi connectivity index (χ4n) is 9.28. The van der Waals surface area contributed by atoms with Gasteiger partial charge in [0.15, 0.2) is 15.4 Å². The fraction of sp³-hybridized carbons (Fsp3) is 0.742. The van der Waals surface area contributed by atoms with Gasteiger partial charge in [-0.3, -0.25) is 9.59 Å². The van der Waals surface area contributed by atoms with Gasteiger partial charge < -0.3 is 18.8 Å². The van der Waals surface area contributed by atoms with E-state index in [1.165, 1.54) is 7.11 Å². The van der Waals surface area contributed by atoms with Gasteiger partial charge in [-0.2, -0.15) is 22.0 Å². The first-order valence-electron chi connectivity index (χ1n) is 15.3. The third-order valence-corrected chi connectivity index (χ3v) is 14.0. The minimum Gasteiger partial charge on any atom is -0.743 e. The molecule has 1 heterocycles. The SMILES string of the molecule is COc1ccc(C(=O)C([S+]2CCOCC2)C(C)(C)CC23CC4CC(C2)CC(C(=O)OC(C(F)(F)F)C(F)(F)S(=O)(=O)[O-])(C4)C3)cc1. The molecule has 15 heteroatoms. The highest BCUT2D eigenvalue weighted by atomic mass is 32.2. The molecule has 0 spiro atoms. The van der Waals surface area contributed by atoms with Gasteiger partial charge in [-0.05, 0) is 86.5 Å². The number of hydrogen-bond donors (Lipinski definition) is 0. The molecular formula is C31H39F5O8S2. The maximum atomic E-state index is 14.3. The molecule has 1 aromatic carbocycles. The predicted octanol–water partition coefficient (Wildman–Crippen LogP) is 5.51. The van der Waals surface area contributed by atoms with Crippen LogP contribution in [0.1, 0.15) is 69.2 Å². The van der Waals surface area contributed by atoms with E-state index in [2.05, 4.69) is 4.74 Å². The molecule has 6 rings (SSSR count). The minimum absolute atomic E-state index is 0.0363. The summed E-state index contributed by atoms with van der Waals surface area (Å²) in [6.07, 6.45) is -7.59. The standard InChI is InChI=1S/C31H39F5O8S2/c1-27(2,24(45-10-8-43-9-11-45)23(37)21-4-6-22(42-3)7-5-21)17-28-13-19-12-20(14-28)16-29(15-19,18-28)26(38)44-25(30(32,33)34)31(35,36)46(39,40)41/h4-7,19-20,24-25H,8-18H2,1-3H3.